The van der Waals surface area contributed by atoms with Crippen LogP contribution in [0, 0.1) is 5.82 Å². The third-order valence-electron chi connectivity index (χ3n) is 5.03. The molecule has 4 rings (SSSR count). The lowest BCUT2D eigenvalue weighted by molar-refractivity contribution is -0.0334. The second-order valence-electron chi connectivity index (χ2n) is 6.96. The van der Waals surface area contributed by atoms with E-state index >= 15 is 0 Å². The van der Waals surface area contributed by atoms with E-state index in [9.17, 15) is 4.39 Å². The minimum absolute atomic E-state index is 0.0331. The quantitative estimate of drug-likeness (QED) is 0.579. The molecule has 0 unspecified atom stereocenters. The van der Waals surface area contributed by atoms with Crippen LogP contribution >= 0.6 is 11.6 Å². The number of methoxy groups -OCH3 is 2. The summed E-state index contributed by atoms with van der Waals surface area (Å²) in [5.41, 5.74) is 1.31. The van der Waals surface area contributed by atoms with E-state index < -0.39 is 5.82 Å². The molecular weight excluding hydrogens is 411 g/mol. The van der Waals surface area contributed by atoms with Gasteiger partial charge in [-0.05, 0) is 24.3 Å². The van der Waals surface area contributed by atoms with Crippen molar-refractivity contribution in [1.82, 2.24) is 14.9 Å². The number of hydrogen-bond acceptors (Lipinski definition) is 7. The number of hydrogen-bond donors (Lipinski definition) is 1. The molecule has 7 nitrogen and oxygen atoms in total. The van der Waals surface area contributed by atoms with Gasteiger partial charge in [-0.2, -0.15) is 0 Å². The average molecular weight is 433 g/mol. The molecule has 0 spiro atoms. The van der Waals surface area contributed by atoms with E-state index in [2.05, 4.69) is 20.2 Å². The summed E-state index contributed by atoms with van der Waals surface area (Å²) in [6.45, 7) is 3.14. The minimum atomic E-state index is -0.478. The molecule has 2 aromatic carbocycles. The highest BCUT2D eigenvalue weighted by molar-refractivity contribution is 6.31. The van der Waals surface area contributed by atoms with Crippen molar-refractivity contribution in [3.63, 3.8) is 0 Å². The van der Waals surface area contributed by atoms with Crippen LogP contribution in [0.2, 0.25) is 5.02 Å². The van der Waals surface area contributed by atoms with Gasteiger partial charge in [0.1, 0.15) is 24.6 Å². The van der Waals surface area contributed by atoms with Gasteiger partial charge in [-0.1, -0.05) is 11.6 Å². The van der Waals surface area contributed by atoms with Crippen LogP contribution in [0.15, 0.2) is 36.7 Å². The van der Waals surface area contributed by atoms with Gasteiger partial charge >= 0.3 is 0 Å². The van der Waals surface area contributed by atoms with Gasteiger partial charge in [0.05, 0.1) is 23.8 Å². The van der Waals surface area contributed by atoms with Gasteiger partial charge < -0.3 is 19.5 Å². The summed E-state index contributed by atoms with van der Waals surface area (Å²) in [6, 6.07) is 8.05. The number of halogens is 2. The van der Waals surface area contributed by atoms with Gasteiger partial charge in [0.2, 0.25) is 0 Å². The molecule has 30 heavy (non-hydrogen) atoms. The molecule has 0 radical (unpaired) electrons. The molecule has 0 amide bonds. The Morgan fingerprint density at radius 1 is 1.17 bits per heavy atom. The van der Waals surface area contributed by atoms with Crippen molar-refractivity contribution in [2.45, 2.75) is 6.10 Å². The number of nitrogens with one attached hydrogen (secondary N) is 1. The maximum atomic E-state index is 13.4. The number of ether oxygens (including phenoxy) is 3. The van der Waals surface area contributed by atoms with E-state index in [1.165, 1.54) is 18.5 Å². The first-order chi connectivity index (χ1) is 14.6. The third kappa shape index (κ3) is 4.40. The largest absolute Gasteiger partial charge is 0.493 e. The van der Waals surface area contributed by atoms with E-state index in [0.717, 1.165) is 25.0 Å². The standard InChI is InChI=1S/C21H22ClFN4O3/c1-28-14-10-27(11-14)5-6-30-20-8-15-18(9-19(20)29-2)24-12-25-21(15)26-13-3-4-17(23)16(22)7-13/h3-4,7-9,12,14H,5-6,10-11H2,1-2H3,(H,24,25,26). The van der Waals surface area contributed by atoms with Crippen molar-refractivity contribution in [1.29, 1.82) is 0 Å². The van der Waals surface area contributed by atoms with Crippen LogP contribution in [0.25, 0.3) is 10.9 Å². The van der Waals surface area contributed by atoms with Crippen LogP contribution in [-0.2, 0) is 4.74 Å². The predicted molar refractivity (Wildman–Crippen MR) is 114 cm³/mol. The van der Waals surface area contributed by atoms with Crippen LogP contribution < -0.4 is 14.8 Å². The van der Waals surface area contributed by atoms with Gasteiger partial charge in [-0.3, -0.25) is 4.90 Å². The molecule has 1 aliphatic heterocycles. The fraction of sp³-hybridized carbons (Fsp3) is 0.333. The van der Waals surface area contributed by atoms with Crippen molar-refractivity contribution < 1.29 is 18.6 Å². The Morgan fingerprint density at radius 2 is 2.00 bits per heavy atom. The molecule has 2 heterocycles. The third-order valence-corrected chi connectivity index (χ3v) is 5.31. The van der Waals surface area contributed by atoms with Crippen LogP contribution in [0.5, 0.6) is 11.5 Å². The zero-order valence-corrected chi connectivity index (χ0v) is 17.4. The van der Waals surface area contributed by atoms with E-state index in [1.807, 2.05) is 6.07 Å². The van der Waals surface area contributed by atoms with Gasteiger partial charge in [-0.25, -0.2) is 14.4 Å². The Balaban J connectivity index is 1.54. The fourth-order valence-electron chi connectivity index (χ4n) is 3.29. The van der Waals surface area contributed by atoms with Crippen molar-refractivity contribution in [3.05, 3.63) is 47.5 Å². The van der Waals surface area contributed by atoms with Crippen LogP contribution in [0.4, 0.5) is 15.9 Å². The summed E-state index contributed by atoms with van der Waals surface area (Å²) in [6.07, 6.45) is 1.76. The molecule has 9 heteroatoms. The maximum absolute atomic E-state index is 13.4. The SMILES string of the molecule is COc1cc2ncnc(Nc3ccc(F)c(Cl)c3)c2cc1OCCN1CC(OC)C1. The molecule has 0 saturated carbocycles. The number of aromatic nitrogens is 2. The predicted octanol–water partition coefficient (Wildman–Crippen LogP) is 3.88. The highest BCUT2D eigenvalue weighted by Crippen LogP contribution is 2.35. The Kier molecular flexibility index (Phi) is 6.17. The second-order valence-corrected chi connectivity index (χ2v) is 7.37. The number of rotatable bonds is 8. The highest BCUT2D eigenvalue weighted by atomic mass is 35.5. The van der Waals surface area contributed by atoms with Crippen LogP contribution in [0.1, 0.15) is 0 Å². The summed E-state index contributed by atoms with van der Waals surface area (Å²) >= 11 is 5.88. The lowest BCUT2D eigenvalue weighted by Crippen LogP contribution is -2.52. The van der Waals surface area contributed by atoms with Crippen molar-refractivity contribution in [2.75, 3.05) is 45.8 Å². The number of benzene rings is 2. The molecule has 1 saturated heterocycles. The highest BCUT2D eigenvalue weighted by Gasteiger charge is 2.25. The summed E-state index contributed by atoms with van der Waals surface area (Å²) in [5, 5.41) is 3.94. The van der Waals surface area contributed by atoms with Gasteiger partial charge in [0.15, 0.2) is 11.5 Å². The molecule has 158 valence electrons. The van der Waals surface area contributed by atoms with E-state index in [-0.39, 0.29) is 5.02 Å². The van der Waals surface area contributed by atoms with E-state index in [4.69, 9.17) is 25.8 Å². The Morgan fingerprint density at radius 3 is 2.73 bits per heavy atom. The van der Waals surface area contributed by atoms with E-state index in [1.54, 1.807) is 26.4 Å². The molecule has 3 aromatic rings. The maximum Gasteiger partial charge on any atom is 0.162 e. The molecule has 1 aromatic heterocycles. The average Bonchev–Trinajstić information content (AvgIpc) is 2.72. The Bertz CT molecular complexity index is 1050. The molecule has 1 N–H and O–H groups in total. The molecule has 1 fully saturated rings. The first-order valence-electron chi connectivity index (χ1n) is 9.50. The molecule has 0 aliphatic carbocycles. The van der Waals surface area contributed by atoms with Crippen LogP contribution in [0.3, 0.4) is 0 Å². The number of likely N-dealkylation sites (tertiary alicyclic amines) is 1. The second kappa shape index (κ2) is 8.99. The Labute approximate surface area is 178 Å². The zero-order chi connectivity index (χ0) is 21.1. The molecule has 0 atom stereocenters. The van der Waals surface area contributed by atoms with E-state index in [0.29, 0.717) is 41.2 Å². The Hall–Kier alpha value is -2.68. The minimum Gasteiger partial charge on any atom is -0.493 e. The zero-order valence-electron chi connectivity index (χ0n) is 16.7. The van der Waals surface area contributed by atoms with Crippen molar-refractivity contribution in [3.8, 4) is 11.5 Å². The molecular formula is C21H22ClFN4O3. The summed E-state index contributed by atoms with van der Waals surface area (Å²) in [5.74, 6) is 1.27. The normalized spacial score (nSPS) is 14.5. The van der Waals surface area contributed by atoms with Crippen molar-refractivity contribution >= 4 is 34.0 Å². The summed E-state index contributed by atoms with van der Waals surface area (Å²) in [7, 11) is 3.32. The first kappa shape index (κ1) is 20.6. The lowest BCUT2D eigenvalue weighted by Gasteiger charge is -2.37. The lowest BCUT2D eigenvalue weighted by atomic mass is 10.2. The first-order valence-corrected chi connectivity index (χ1v) is 9.88. The summed E-state index contributed by atoms with van der Waals surface area (Å²) < 4.78 is 30.2. The molecule has 1 aliphatic rings. The smallest absolute Gasteiger partial charge is 0.162 e. The fourth-order valence-corrected chi connectivity index (χ4v) is 3.47. The van der Waals surface area contributed by atoms with Crippen molar-refractivity contribution in [2.24, 2.45) is 0 Å². The van der Waals surface area contributed by atoms with Gasteiger partial charge in [0, 0.05) is 43.9 Å². The molecule has 0 bridgehead atoms. The van der Waals surface area contributed by atoms with Gasteiger partial charge in [-0.15, -0.1) is 0 Å². The number of fused-ring (bicyclic) bond motifs is 1. The topological polar surface area (TPSA) is 68.7 Å². The number of nitrogens with zero attached hydrogens (tertiary/aromatic N) is 3. The monoisotopic (exact) mass is 432 g/mol. The number of anilines is 2. The van der Waals surface area contributed by atoms with Gasteiger partial charge in [0.25, 0.3) is 0 Å². The summed E-state index contributed by atoms with van der Waals surface area (Å²) in [4.78, 5) is 10.9. The van der Waals surface area contributed by atoms with Crippen LogP contribution in [-0.4, -0.2) is 61.4 Å².